The summed E-state index contributed by atoms with van der Waals surface area (Å²) in [7, 11) is 1.25. The molecule has 2 aromatic rings. The van der Waals surface area contributed by atoms with E-state index in [0.717, 1.165) is 0 Å². The number of anilines is 1. The molecule has 1 N–H and O–H groups in total. The highest BCUT2D eigenvalue weighted by Crippen LogP contribution is 2.42. The molecule has 1 amide bonds. The van der Waals surface area contributed by atoms with Gasteiger partial charge in [-0.1, -0.05) is 6.07 Å². The standard InChI is InChI=1S/C17H13F2NO6/c1-23-16(22)10-3-2-4-12(7-10)24-9-15(21)20-11-5-6-13-14(8-11)26-17(18,19)25-13/h2-8H,9H2,1H3,(H,20,21). The topological polar surface area (TPSA) is 83.1 Å². The first-order valence-corrected chi connectivity index (χ1v) is 7.37. The van der Waals surface area contributed by atoms with Crippen molar-refractivity contribution >= 4 is 17.6 Å². The van der Waals surface area contributed by atoms with E-state index in [1.807, 2.05) is 0 Å². The summed E-state index contributed by atoms with van der Waals surface area (Å²) in [6.45, 7) is -0.352. The number of halogens is 2. The molecule has 9 heteroatoms. The normalized spacial score (nSPS) is 13.8. The SMILES string of the molecule is COC(=O)c1cccc(OCC(=O)Nc2ccc3c(c2)OC(F)(F)O3)c1. The number of ether oxygens (including phenoxy) is 4. The molecule has 0 unspecified atom stereocenters. The Morgan fingerprint density at radius 2 is 1.88 bits per heavy atom. The van der Waals surface area contributed by atoms with Crippen LogP contribution in [0.2, 0.25) is 0 Å². The van der Waals surface area contributed by atoms with E-state index in [9.17, 15) is 18.4 Å². The van der Waals surface area contributed by atoms with Gasteiger partial charge >= 0.3 is 12.3 Å². The molecule has 0 fully saturated rings. The monoisotopic (exact) mass is 365 g/mol. The lowest BCUT2D eigenvalue weighted by atomic mass is 10.2. The van der Waals surface area contributed by atoms with Gasteiger partial charge in [-0.25, -0.2) is 4.79 Å². The van der Waals surface area contributed by atoms with E-state index in [2.05, 4.69) is 19.5 Å². The van der Waals surface area contributed by atoms with Crippen molar-refractivity contribution in [1.29, 1.82) is 0 Å². The second kappa shape index (κ2) is 6.87. The van der Waals surface area contributed by atoms with Crippen LogP contribution < -0.4 is 19.5 Å². The van der Waals surface area contributed by atoms with Crippen molar-refractivity contribution in [3.05, 3.63) is 48.0 Å². The Kier molecular flexibility index (Phi) is 4.61. The van der Waals surface area contributed by atoms with Crippen LogP contribution >= 0.6 is 0 Å². The van der Waals surface area contributed by atoms with Gasteiger partial charge in [-0.15, -0.1) is 8.78 Å². The number of benzene rings is 2. The highest BCUT2D eigenvalue weighted by atomic mass is 19.3. The fraction of sp³-hybridized carbons (Fsp3) is 0.176. The van der Waals surface area contributed by atoms with Crippen LogP contribution in [0.1, 0.15) is 10.4 Å². The quantitative estimate of drug-likeness (QED) is 0.821. The van der Waals surface area contributed by atoms with Gasteiger partial charge in [0, 0.05) is 11.8 Å². The fourth-order valence-electron chi connectivity index (χ4n) is 2.20. The molecule has 3 rings (SSSR count). The molecule has 0 bridgehead atoms. The highest BCUT2D eigenvalue weighted by molar-refractivity contribution is 5.92. The van der Waals surface area contributed by atoms with Gasteiger partial charge in [0.05, 0.1) is 12.7 Å². The fourth-order valence-corrected chi connectivity index (χ4v) is 2.20. The minimum absolute atomic E-state index is 0.121. The van der Waals surface area contributed by atoms with Crippen LogP contribution in [0.4, 0.5) is 14.5 Å². The Morgan fingerprint density at radius 3 is 2.65 bits per heavy atom. The van der Waals surface area contributed by atoms with Crippen LogP contribution in [-0.2, 0) is 9.53 Å². The average molecular weight is 365 g/mol. The molecule has 0 spiro atoms. The van der Waals surface area contributed by atoms with E-state index >= 15 is 0 Å². The van der Waals surface area contributed by atoms with Gasteiger partial charge in [0.1, 0.15) is 5.75 Å². The number of amides is 1. The minimum atomic E-state index is -3.72. The molecule has 7 nitrogen and oxygen atoms in total. The van der Waals surface area contributed by atoms with Gasteiger partial charge in [-0.3, -0.25) is 4.79 Å². The molecule has 26 heavy (non-hydrogen) atoms. The lowest BCUT2D eigenvalue weighted by molar-refractivity contribution is -0.286. The number of alkyl halides is 2. The number of nitrogens with one attached hydrogen (secondary N) is 1. The first-order chi connectivity index (χ1) is 12.4. The zero-order valence-electron chi connectivity index (χ0n) is 13.5. The molecule has 1 aliphatic heterocycles. The van der Waals surface area contributed by atoms with Crippen LogP contribution in [-0.4, -0.2) is 31.9 Å². The second-order valence-electron chi connectivity index (χ2n) is 5.19. The second-order valence-corrected chi connectivity index (χ2v) is 5.19. The molecule has 0 radical (unpaired) electrons. The predicted molar refractivity (Wildman–Crippen MR) is 84.6 cm³/mol. The summed E-state index contributed by atoms with van der Waals surface area (Å²) in [6.07, 6.45) is -3.72. The molecule has 136 valence electrons. The maximum absolute atomic E-state index is 13.0. The maximum Gasteiger partial charge on any atom is 0.586 e. The summed E-state index contributed by atoms with van der Waals surface area (Å²) in [5.41, 5.74) is 0.518. The van der Waals surface area contributed by atoms with Crippen LogP contribution in [0.15, 0.2) is 42.5 Å². The summed E-state index contributed by atoms with van der Waals surface area (Å²) >= 11 is 0. The summed E-state index contributed by atoms with van der Waals surface area (Å²) in [5, 5.41) is 2.48. The molecule has 0 atom stereocenters. The Morgan fingerprint density at radius 1 is 1.12 bits per heavy atom. The molecule has 0 aliphatic carbocycles. The minimum Gasteiger partial charge on any atom is -0.484 e. The number of carbonyl (C=O) groups is 2. The van der Waals surface area contributed by atoms with Crippen molar-refractivity contribution in [1.82, 2.24) is 0 Å². The van der Waals surface area contributed by atoms with Crippen LogP contribution in [0.25, 0.3) is 0 Å². The number of hydrogen-bond donors (Lipinski definition) is 1. The van der Waals surface area contributed by atoms with E-state index < -0.39 is 18.2 Å². The maximum atomic E-state index is 13.0. The number of carbonyl (C=O) groups excluding carboxylic acids is 2. The van der Waals surface area contributed by atoms with Crippen molar-refractivity contribution in [3.63, 3.8) is 0 Å². The number of methoxy groups -OCH3 is 1. The summed E-state index contributed by atoms with van der Waals surface area (Å²) < 4.78 is 44.4. The van der Waals surface area contributed by atoms with Crippen molar-refractivity contribution in [2.45, 2.75) is 6.29 Å². The average Bonchev–Trinajstić information content (AvgIpc) is 2.92. The molecule has 0 saturated heterocycles. The third-order valence-corrected chi connectivity index (χ3v) is 3.31. The van der Waals surface area contributed by atoms with Crippen molar-refractivity contribution in [2.24, 2.45) is 0 Å². The molecular formula is C17H13F2NO6. The van der Waals surface area contributed by atoms with E-state index in [-0.39, 0.29) is 29.4 Å². The van der Waals surface area contributed by atoms with Crippen LogP contribution in [0, 0.1) is 0 Å². The van der Waals surface area contributed by atoms with E-state index in [1.54, 1.807) is 18.2 Å². The number of rotatable bonds is 5. The molecule has 1 heterocycles. The largest absolute Gasteiger partial charge is 0.586 e. The number of hydrogen-bond acceptors (Lipinski definition) is 6. The van der Waals surface area contributed by atoms with Crippen molar-refractivity contribution < 1.29 is 37.3 Å². The molecule has 0 aromatic heterocycles. The summed E-state index contributed by atoms with van der Waals surface area (Å²) in [6, 6.07) is 9.99. The van der Waals surface area contributed by atoms with Crippen LogP contribution in [0.5, 0.6) is 17.2 Å². The molecule has 0 saturated carbocycles. The number of esters is 1. The summed E-state index contributed by atoms with van der Waals surface area (Å²) in [5.74, 6) is -1.06. The third kappa shape index (κ3) is 4.00. The Labute approximate surface area is 146 Å². The Bertz CT molecular complexity index is 855. The van der Waals surface area contributed by atoms with Gasteiger partial charge in [0.2, 0.25) is 0 Å². The van der Waals surface area contributed by atoms with Crippen molar-refractivity contribution in [2.75, 3.05) is 19.0 Å². The van der Waals surface area contributed by atoms with Gasteiger partial charge in [-0.05, 0) is 30.3 Å². The highest BCUT2D eigenvalue weighted by Gasteiger charge is 2.43. The zero-order valence-corrected chi connectivity index (χ0v) is 13.5. The third-order valence-electron chi connectivity index (χ3n) is 3.31. The zero-order chi connectivity index (χ0) is 18.7. The Hall–Kier alpha value is -3.36. The van der Waals surface area contributed by atoms with Crippen LogP contribution in [0.3, 0.4) is 0 Å². The van der Waals surface area contributed by atoms with E-state index in [0.29, 0.717) is 5.75 Å². The Balaban J connectivity index is 1.58. The van der Waals surface area contributed by atoms with Gasteiger partial charge in [0.25, 0.3) is 5.91 Å². The van der Waals surface area contributed by atoms with Gasteiger partial charge < -0.3 is 24.3 Å². The lowest BCUT2D eigenvalue weighted by Crippen LogP contribution is -2.25. The first kappa shape index (κ1) is 17.5. The molecule has 1 aliphatic rings. The summed E-state index contributed by atoms with van der Waals surface area (Å²) in [4.78, 5) is 23.4. The van der Waals surface area contributed by atoms with Gasteiger partial charge in [0.15, 0.2) is 18.1 Å². The molecular weight excluding hydrogens is 352 g/mol. The smallest absolute Gasteiger partial charge is 0.484 e. The van der Waals surface area contributed by atoms with E-state index in [4.69, 9.17) is 4.74 Å². The van der Waals surface area contributed by atoms with Crippen molar-refractivity contribution in [3.8, 4) is 17.2 Å². The van der Waals surface area contributed by atoms with Gasteiger partial charge in [-0.2, -0.15) is 0 Å². The predicted octanol–water partition coefficient (Wildman–Crippen LogP) is 2.81. The lowest BCUT2D eigenvalue weighted by Gasteiger charge is -2.09. The first-order valence-electron chi connectivity index (χ1n) is 7.37. The molecule has 2 aromatic carbocycles. The number of fused-ring (bicyclic) bond motifs is 1. The van der Waals surface area contributed by atoms with E-state index in [1.165, 1.54) is 31.4 Å².